The largest absolute Gasteiger partial charge is 0.488 e. The van der Waals surface area contributed by atoms with Crippen molar-refractivity contribution in [2.75, 3.05) is 0 Å². The molecular weight excluding hydrogens is 569 g/mol. The van der Waals surface area contributed by atoms with Gasteiger partial charge in [0, 0.05) is 29.7 Å². The molecule has 0 aliphatic carbocycles. The van der Waals surface area contributed by atoms with E-state index in [2.05, 4.69) is 10.1 Å². The highest BCUT2D eigenvalue weighted by molar-refractivity contribution is 6.05. The number of aliphatic hydroxyl groups is 8. The minimum absolute atomic E-state index is 0.0194. The molecule has 0 saturated carbocycles. The molecule has 0 spiro atoms. The summed E-state index contributed by atoms with van der Waals surface area (Å²) in [5.41, 5.74) is 0.376. The van der Waals surface area contributed by atoms with Crippen LogP contribution in [0.2, 0.25) is 0 Å². The number of amides is 3. The Labute approximate surface area is 235 Å². The molecular formula is C25H26FN3O13. The molecule has 42 heavy (non-hydrogen) atoms. The number of morpholine rings is 1. The number of hydrogen-bond donors (Lipinski definition) is 9. The molecule has 0 radical (unpaired) electrons. The number of fused-ring (bicyclic) bond motifs is 1. The number of nitrogens with zero attached hydrogens (tertiary/aromatic N) is 2. The van der Waals surface area contributed by atoms with Crippen LogP contribution in [0.3, 0.4) is 0 Å². The van der Waals surface area contributed by atoms with Crippen molar-refractivity contribution in [1.82, 2.24) is 15.1 Å². The van der Waals surface area contributed by atoms with Crippen molar-refractivity contribution in [2.24, 2.45) is 0 Å². The minimum Gasteiger partial charge on any atom is -0.488 e. The molecule has 5 rings (SSSR count). The van der Waals surface area contributed by atoms with Crippen LogP contribution in [-0.4, -0.2) is 98.2 Å². The van der Waals surface area contributed by atoms with Crippen LogP contribution in [-0.2, 0) is 34.0 Å². The van der Waals surface area contributed by atoms with Gasteiger partial charge in [0.25, 0.3) is 5.91 Å². The lowest BCUT2D eigenvalue weighted by molar-refractivity contribution is -0.659. The molecule has 226 valence electrons. The van der Waals surface area contributed by atoms with E-state index in [4.69, 9.17) is 4.74 Å². The molecule has 3 aliphatic heterocycles. The standard InChI is InChI=1S/C25H26FN3O13/c26-16-5-4-12(9-29-22(33,34)24(37,38)42-25(39,40)23(29,35)36)8-13(16)11-41-18-3-1-2-14-15(18)10-28(21(14)32)17-6-7-19(30)27-20(17)31/h1-5,8,17,33-40H,6-7,9-11H2,(H,27,30,31). The van der Waals surface area contributed by atoms with Crippen LogP contribution in [0.15, 0.2) is 36.4 Å². The molecule has 0 bridgehead atoms. The van der Waals surface area contributed by atoms with E-state index in [-0.39, 0.29) is 46.7 Å². The number of carbonyl (C=O) groups excluding carboxylic acids is 3. The summed E-state index contributed by atoms with van der Waals surface area (Å²) in [5.74, 6) is -18.4. The van der Waals surface area contributed by atoms with Crippen LogP contribution in [0.5, 0.6) is 5.75 Å². The number of piperidine rings is 1. The SMILES string of the molecule is O=C1CCC(N2Cc3c(OCc4cc(CN5C(O)(O)C(O)(O)OC(O)(O)C5(O)O)ccc4F)cccc3C2=O)C(=O)N1. The van der Waals surface area contributed by atoms with Gasteiger partial charge in [-0.15, -0.1) is 0 Å². The van der Waals surface area contributed by atoms with E-state index >= 15 is 0 Å². The van der Waals surface area contributed by atoms with E-state index < -0.39 is 66.5 Å². The summed E-state index contributed by atoms with van der Waals surface area (Å²) in [6.07, 6.45) is 0.214. The Kier molecular flexibility index (Phi) is 7.10. The summed E-state index contributed by atoms with van der Waals surface area (Å²) in [6, 6.07) is 6.71. The second-order valence-electron chi connectivity index (χ2n) is 10.1. The zero-order chi connectivity index (χ0) is 30.8. The summed E-state index contributed by atoms with van der Waals surface area (Å²) >= 11 is 0. The first-order valence-electron chi connectivity index (χ1n) is 12.4. The maximum atomic E-state index is 14.7. The van der Waals surface area contributed by atoms with Crippen molar-refractivity contribution in [3.8, 4) is 5.75 Å². The molecule has 1 atom stereocenters. The van der Waals surface area contributed by atoms with Gasteiger partial charge in [-0.25, -0.2) is 4.39 Å². The summed E-state index contributed by atoms with van der Waals surface area (Å²) in [6.45, 7) is -1.53. The Balaban J connectivity index is 1.36. The molecule has 17 heteroatoms. The second kappa shape index (κ2) is 9.99. The monoisotopic (exact) mass is 595 g/mol. The Morgan fingerprint density at radius 3 is 2.29 bits per heavy atom. The first kappa shape index (κ1) is 29.9. The molecule has 2 saturated heterocycles. The van der Waals surface area contributed by atoms with E-state index in [0.717, 1.165) is 18.2 Å². The van der Waals surface area contributed by atoms with Crippen LogP contribution < -0.4 is 10.1 Å². The van der Waals surface area contributed by atoms with Gasteiger partial charge in [0.15, 0.2) is 0 Å². The third-order valence-electron chi connectivity index (χ3n) is 7.28. The van der Waals surface area contributed by atoms with Gasteiger partial charge in [-0.2, -0.15) is 4.90 Å². The second-order valence-corrected chi connectivity index (χ2v) is 10.1. The highest BCUT2D eigenvalue weighted by atomic mass is 19.1. The third-order valence-corrected chi connectivity index (χ3v) is 7.28. The van der Waals surface area contributed by atoms with E-state index in [1.807, 2.05) is 0 Å². The number of benzene rings is 2. The van der Waals surface area contributed by atoms with Crippen LogP contribution in [0.4, 0.5) is 4.39 Å². The summed E-state index contributed by atoms with van der Waals surface area (Å²) < 4.78 is 24.3. The molecule has 3 heterocycles. The van der Waals surface area contributed by atoms with Crippen molar-refractivity contribution in [1.29, 1.82) is 0 Å². The first-order valence-corrected chi connectivity index (χ1v) is 12.4. The fourth-order valence-electron chi connectivity index (χ4n) is 4.99. The van der Waals surface area contributed by atoms with Gasteiger partial charge in [0.05, 0.1) is 6.54 Å². The minimum atomic E-state index is -4.13. The zero-order valence-electron chi connectivity index (χ0n) is 21.5. The number of carbonyl (C=O) groups is 3. The highest BCUT2D eigenvalue weighted by Crippen LogP contribution is 2.42. The zero-order valence-corrected chi connectivity index (χ0v) is 21.5. The maximum absolute atomic E-state index is 14.7. The van der Waals surface area contributed by atoms with Crippen LogP contribution >= 0.6 is 0 Å². The molecule has 2 aromatic rings. The lowest BCUT2D eigenvalue weighted by atomic mass is 10.0. The average Bonchev–Trinajstić information content (AvgIpc) is 3.22. The van der Waals surface area contributed by atoms with E-state index in [1.54, 1.807) is 0 Å². The van der Waals surface area contributed by atoms with Gasteiger partial charge < -0.3 is 50.5 Å². The van der Waals surface area contributed by atoms with E-state index in [9.17, 15) is 59.6 Å². The summed E-state index contributed by atoms with van der Waals surface area (Å²) in [7, 11) is 0. The highest BCUT2D eigenvalue weighted by Gasteiger charge is 2.74. The summed E-state index contributed by atoms with van der Waals surface area (Å²) in [5, 5.41) is 81.9. The Hall–Kier alpha value is -3.62. The number of imide groups is 1. The normalized spacial score (nSPS) is 24.4. The Morgan fingerprint density at radius 2 is 1.64 bits per heavy atom. The fourth-order valence-corrected chi connectivity index (χ4v) is 4.99. The maximum Gasteiger partial charge on any atom is 0.356 e. The van der Waals surface area contributed by atoms with Gasteiger partial charge in [-0.1, -0.05) is 12.1 Å². The Morgan fingerprint density at radius 1 is 0.976 bits per heavy atom. The van der Waals surface area contributed by atoms with Gasteiger partial charge in [-0.05, 0) is 36.2 Å². The molecule has 2 fully saturated rings. The van der Waals surface area contributed by atoms with Crippen molar-refractivity contribution in [3.05, 3.63) is 64.5 Å². The predicted molar refractivity (Wildman–Crippen MR) is 129 cm³/mol. The number of ether oxygens (including phenoxy) is 2. The third kappa shape index (κ3) is 4.80. The van der Waals surface area contributed by atoms with Crippen LogP contribution in [0.1, 0.15) is 39.9 Å². The Bertz CT molecular complexity index is 1440. The molecule has 1 unspecified atom stereocenters. The van der Waals surface area contributed by atoms with Crippen molar-refractivity contribution >= 4 is 17.7 Å². The van der Waals surface area contributed by atoms with E-state index in [0.29, 0.717) is 5.56 Å². The number of halogens is 1. The molecule has 3 aliphatic rings. The predicted octanol–water partition coefficient (Wildman–Crippen LogP) is -3.45. The van der Waals surface area contributed by atoms with Gasteiger partial charge in [0.1, 0.15) is 24.2 Å². The van der Waals surface area contributed by atoms with E-state index in [1.165, 1.54) is 23.1 Å². The quantitative estimate of drug-likeness (QED) is 0.116. The summed E-state index contributed by atoms with van der Waals surface area (Å²) in [4.78, 5) is 37.8. The van der Waals surface area contributed by atoms with Crippen molar-refractivity contribution in [3.63, 3.8) is 0 Å². The van der Waals surface area contributed by atoms with Crippen LogP contribution in [0, 0.1) is 5.82 Å². The lowest BCUT2D eigenvalue weighted by Gasteiger charge is -2.55. The number of rotatable bonds is 6. The molecule has 2 aromatic carbocycles. The molecule has 3 amide bonds. The topological polar surface area (TPSA) is 250 Å². The molecule has 0 aromatic heterocycles. The van der Waals surface area contributed by atoms with Crippen LogP contribution in [0.25, 0.3) is 0 Å². The smallest absolute Gasteiger partial charge is 0.356 e. The fraction of sp³-hybridized carbons (Fsp3) is 0.400. The van der Waals surface area contributed by atoms with Crippen molar-refractivity contribution < 1.29 is 69.1 Å². The van der Waals surface area contributed by atoms with Gasteiger partial charge in [0.2, 0.25) is 11.8 Å². The molecule has 9 N–H and O–H groups in total. The average molecular weight is 595 g/mol. The van der Waals surface area contributed by atoms with Gasteiger partial charge >= 0.3 is 23.8 Å². The number of hydrogen-bond acceptors (Lipinski definition) is 14. The number of nitrogens with one attached hydrogen (secondary N) is 1. The molecule has 16 nitrogen and oxygen atoms in total. The lowest BCUT2D eigenvalue weighted by Crippen LogP contribution is -2.83. The van der Waals surface area contributed by atoms with Crippen molar-refractivity contribution in [2.45, 2.75) is 62.3 Å². The van der Waals surface area contributed by atoms with Gasteiger partial charge in [-0.3, -0.25) is 24.4 Å². The first-order chi connectivity index (χ1) is 19.5.